The van der Waals surface area contributed by atoms with Gasteiger partial charge in [-0.05, 0) is 6.42 Å². The van der Waals surface area contributed by atoms with Crippen LogP contribution in [-0.2, 0) is 17.6 Å². The van der Waals surface area contributed by atoms with Crippen molar-refractivity contribution in [2.24, 2.45) is 0 Å². The molecule has 4 heteroatoms. The van der Waals surface area contributed by atoms with E-state index in [0.717, 1.165) is 24.1 Å². The number of nitrogen functional groups attached to an aromatic ring is 1. The minimum Gasteiger partial charge on any atom is -0.384 e. The molecule has 0 saturated carbocycles. The number of hydrogen-bond acceptors (Lipinski definition) is 4. The number of nitrogens with two attached hydrogens (primary N) is 1. The lowest BCUT2D eigenvalue weighted by atomic mass is 10.1. The van der Waals surface area contributed by atoms with Crippen LogP contribution in [0.3, 0.4) is 0 Å². The Morgan fingerprint density at radius 2 is 2.33 bits per heavy atom. The maximum Gasteiger partial charge on any atom is 0.225 e. The van der Waals surface area contributed by atoms with Gasteiger partial charge >= 0.3 is 0 Å². The van der Waals surface area contributed by atoms with Gasteiger partial charge in [-0.1, -0.05) is 12.1 Å². The largest absolute Gasteiger partial charge is 0.384 e. The smallest absolute Gasteiger partial charge is 0.225 e. The Labute approximate surface area is 71.7 Å². The first-order valence-corrected chi connectivity index (χ1v) is 4.01. The molecule has 0 amide bonds. The minimum atomic E-state index is 0.434. The predicted molar refractivity (Wildman–Crippen MR) is 45.9 cm³/mol. The van der Waals surface area contributed by atoms with E-state index in [0.29, 0.717) is 12.5 Å². The molecule has 1 heterocycles. The highest BCUT2D eigenvalue weighted by molar-refractivity contribution is 5.38. The SMILES string of the molecule is CCc1c(CCOC)noc1N. The molecule has 1 rings (SSSR count). The minimum absolute atomic E-state index is 0.434. The monoisotopic (exact) mass is 170 g/mol. The van der Waals surface area contributed by atoms with E-state index in [2.05, 4.69) is 5.16 Å². The van der Waals surface area contributed by atoms with E-state index in [4.69, 9.17) is 15.0 Å². The van der Waals surface area contributed by atoms with Crippen molar-refractivity contribution in [3.8, 4) is 0 Å². The van der Waals surface area contributed by atoms with Crippen LogP contribution in [-0.4, -0.2) is 18.9 Å². The van der Waals surface area contributed by atoms with Gasteiger partial charge in [-0.25, -0.2) is 0 Å². The van der Waals surface area contributed by atoms with Crippen molar-refractivity contribution >= 4 is 5.88 Å². The lowest BCUT2D eigenvalue weighted by Gasteiger charge is -1.96. The van der Waals surface area contributed by atoms with Gasteiger partial charge in [0.25, 0.3) is 0 Å². The maximum absolute atomic E-state index is 5.55. The Hall–Kier alpha value is -1.03. The van der Waals surface area contributed by atoms with E-state index in [1.54, 1.807) is 7.11 Å². The van der Waals surface area contributed by atoms with E-state index in [-0.39, 0.29) is 0 Å². The lowest BCUT2D eigenvalue weighted by Crippen LogP contribution is -1.98. The summed E-state index contributed by atoms with van der Waals surface area (Å²) in [6.45, 7) is 2.68. The van der Waals surface area contributed by atoms with Crippen molar-refractivity contribution in [2.45, 2.75) is 19.8 Å². The molecule has 0 aliphatic carbocycles. The molecule has 0 fully saturated rings. The number of nitrogens with zero attached hydrogens (tertiary/aromatic N) is 1. The first-order chi connectivity index (χ1) is 5.79. The van der Waals surface area contributed by atoms with Gasteiger partial charge in [-0.2, -0.15) is 0 Å². The molecule has 0 aliphatic rings. The van der Waals surface area contributed by atoms with Gasteiger partial charge in [0, 0.05) is 19.1 Å². The van der Waals surface area contributed by atoms with Crippen molar-refractivity contribution in [3.63, 3.8) is 0 Å². The maximum atomic E-state index is 5.55. The highest BCUT2D eigenvalue weighted by Crippen LogP contribution is 2.16. The van der Waals surface area contributed by atoms with Crippen LogP contribution in [0.15, 0.2) is 4.52 Å². The highest BCUT2D eigenvalue weighted by Gasteiger charge is 2.10. The van der Waals surface area contributed by atoms with Crippen LogP contribution in [0, 0.1) is 0 Å². The van der Waals surface area contributed by atoms with Crippen LogP contribution in [0.5, 0.6) is 0 Å². The van der Waals surface area contributed by atoms with Gasteiger partial charge in [-0.3, -0.25) is 0 Å². The lowest BCUT2D eigenvalue weighted by molar-refractivity contribution is 0.200. The van der Waals surface area contributed by atoms with E-state index in [1.807, 2.05) is 6.92 Å². The van der Waals surface area contributed by atoms with Crippen LogP contribution < -0.4 is 5.73 Å². The second-order valence-electron chi connectivity index (χ2n) is 2.57. The molecular weight excluding hydrogens is 156 g/mol. The molecule has 1 aromatic heterocycles. The third kappa shape index (κ3) is 1.76. The number of methoxy groups -OCH3 is 1. The van der Waals surface area contributed by atoms with Crippen molar-refractivity contribution in [1.29, 1.82) is 0 Å². The molecule has 0 radical (unpaired) electrons. The third-order valence-electron chi connectivity index (χ3n) is 1.80. The summed E-state index contributed by atoms with van der Waals surface area (Å²) in [5.41, 5.74) is 7.47. The molecule has 0 aliphatic heterocycles. The van der Waals surface area contributed by atoms with Gasteiger partial charge in [-0.15, -0.1) is 0 Å². The molecule has 4 nitrogen and oxygen atoms in total. The van der Waals surface area contributed by atoms with Gasteiger partial charge in [0.1, 0.15) is 0 Å². The Morgan fingerprint density at radius 1 is 1.58 bits per heavy atom. The van der Waals surface area contributed by atoms with Gasteiger partial charge in [0.05, 0.1) is 12.3 Å². The standard InChI is InChI=1S/C8H14N2O2/c1-3-6-7(4-5-11-2)10-12-8(6)9/h3-5,9H2,1-2H3. The quantitative estimate of drug-likeness (QED) is 0.732. The Kier molecular flexibility index (Phi) is 3.10. The van der Waals surface area contributed by atoms with Crippen molar-refractivity contribution in [2.75, 3.05) is 19.5 Å². The zero-order valence-electron chi connectivity index (χ0n) is 7.46. The summed E-state index contributed by atoms with van der Waals surface area (Å²) in [5, 5.41) is 3.84. The number of anilines is 1. The summed E-state index contributed by atoms with van der Waals surface area (Å²) in [4.78, 5) is 0. The summed E-state index contributed by atoms with van der Waals surface area (Å²) in [6.07, 6.45) is 1.62. The second kappa shape index (κ2) is 4.11. The van der Waals surface area contributed by atoms with Crippen LogP contribution in [0.2, 0.25) is 0 Å². The molecule has 0 aromatic carbocycles. The van der Waals surface area contributed by atoms with Crippen LogP contribution >= 0.6 is 0 Å². The molecular formula is C8H14N2O2. The van der Waals surface area contributed by atoms with E-state index in [1.165, 1.54) is 0 Å². The fourth-order valence-corrected chi connectivity index (χ4v) is 1.13. The molecule has 0 spiro atoms. The number of ether oxygens (including phenoxy) is 1. The molecule has 0 bridgehead atoms. The van der Waals surface area contributed by atoms with Crippen molar-refractivity contribution in [1.82, 2.24) is 5.16 Å². The summed E-state index contributed by atoms with van der Waals surface area (Å²) >= 11 is 0. The number of hydrogen-bond donors (Lipinski definition) is 1. The molecule has 1 aromatic rings. The number of aromatic nitrogens is 1. The molecule has 12 heavy (non-hydrogen) atoms. The van der Waals surface area contributed by atoms with E-state index < -0.39 is 0 Å². The fraction of sp³-hybridized carbons (Fsp3) is 0.625. The average Bonchev–Trinajstić information content (AvgIpc) is 2.43. The Balaban J connectivity index is 2.70. The van der Waals surface area contributed by atoms with E-state index in [9.17, 15) is 0 Å². The van der Waals surface area contributed by atoms with Crippen LogP contribution in [0.25, 0.3) is 0 Å². The average molecular weight is 170 g/mol. The van der Waals surface area contributed by atoms with Crippen LogP contribution in [0.4, 0.5) is 5.88 Å². The topological polar surface area (TPSA) is 61.3 Å². The summed E-state index contributed by atoms with van der Waals surface area (Å²) in [7, 11) is 1.66. The predicted octanol–water partition coefficient (Wildman–Crippen LogP) is 1.01. The summed E-state index contributed by atoms with van der Waals surface area (Å²) in [6, 6.07) is 0. The first-order valence-electron chi connectivity index (χ1n) is 4.01. The fourth-order valence-electron chi connectivity index (χ4n) is 1.13. The van der Waals surface area contributed by atoms with Crippen LogP contribution in [0.1, 0.15) is 18.2 Å². The molecule has 2 N–H and O–H groups in total. The molecule has 0 unspecified atom stereocenters. The van der Waals surface area contributed by atoms with Gasteiger partial charge in [0.2, 0.25) is 5.88 Å². The first kappa shape index (κ1) is 9.06. The Bertz CT molecular complexity index is 245. The zero-order chi connectivity index (χ0) is 8.97. The normalized spacial score (nSPS) is 10.5. The molecule has 0 atom stereocenters. The van der Waals surface area contributed by atoms with Gasteiger partial charge in [0.15, 0.2) is 0 Å². The third-order valence-corrected chi connectivity index (χ3v) is 1.80. The van der Waals surface area contributed by atoms with Gasteiger partial charge < -0.3 is 15.0 Å². The molecule has 0 saturated heterocycles. The van der Waals surface area contributed by atoms with E-state index >= 15 is 0 Å². The highest BCUT2D eigenvalue weighted by atomic mass is 16.5. The van der Waals surface area contributed by atoms with Crippen molar-refractivity contribution in [3.05, 3.63) is 11.3 Å². The van der Waals surface area contributed by atoms with Crippen molar-refractivity contribution < 1.29 is 9.26 Å². The zero-order valence-corrected chi connectivity index (χ0v) is 7.46. The molecule has 68 valence electrons. The Morgan fingerprint density at radius 3 is 2.92 bits per heavy atom. The second-order valence-corrected chi connectivity index (χ2v) is 2.57. The summed E-state index contributed by atoms with van der Waals surface area (Å²) in [5.74, 6) is 0.434. The number of rotatable bonds is 4. The summed E-state index contributed by atoms with van der Waals surface area (Å²) < 4.78 is 9.79.